The lowest BCUT2D eigenvalue weighted by Gasteiger charge is -2.04. The predicted molar refractivity (Wildman–Crippen MR) is 92.4 cm³/mol. The van der Waals surface area contributed by atoms with Gasteiger partial charge in [0.25, 0.3) is 0 Å². The van der Waals surface area contributed by atoms with E-state index in [4.69, 9.17) is 69.6 Å². The molecule has 0 aromatic rings. The van der Waals surface area contributed by atoms with Gasteiger partial charge in [0.15, 0.2) is 7.59 Å². The Morgan fingerprint density at radius 3 is 1.14 bits per heavy atom. The largest absolute Gasteiger partial charge is 0.390 e. The van der Waals surface area contributed by atoms with Crippen molar-refractivity contribution in [1.29, 1.82) is 0 Å². The summed E-state index contributed by atoms with van der Waals surface area (Å²) in [5.41, 5.74) is 9.37. The van der Waals surface area contributed by atoms with Gasteiger partial charge in [-0.3, -0.25) is 9.59 Å². The first-order chi connectivity index (χ1) is 9.83. The van der Waals surface area contributed by atoms with Crippen molar-refractivity contribution in [1.82, 2.24) is 0 Å². The summed E-state index contributed by atoms with van der Waals surface area (Å²) in [6.45, 7) is 1.19. The maximum atomic E-state index is 9.98. The number of halogens is 6. The summed E-state index contributed by atoms with van der Waals surface area (Å²) in [6.07, 6.45) is -0.477. The molecule has 1 heterocycles. The number of alkyl halides is 6. The predicted octanol–water partition coefficient (Wildman–Crippen LogP) is 3.13. The second kappa shape index (κ2) is 12.1. The lowest BCUT2D eigenvalue weighted by molar-refractivity contribution is -0.118. The molecule has 0 saturated heterocycles. The van der Waals surface area contributed by atoms with Crippen LogP contribution in [-0.4, -0.2) is 32.5 Å². The first-order valence-electron chi connectivity index (χ1n) is 5.32. The second-order valence-corrected chi connectivity index (χ2v) is 8.50. The van der Waals surface area contributed by atoms with Crippen LogP contribution in [0.25, 0.3) is 9.69 Å². The molecule has 0 aromatic carbocycles. The van der Waals surface area contributed by atoms with Gasteiger partial charge in [-0.1, -0.05) is 79.3 Å². The quantitative estimate of drug-likeness (QED) is 0.518. The van der Waals surface area contributed by atoms with Gasteiger partial charge in [-0.05, 0) is 0 Å². The van der Waals surface area contributed by atoms with Crippen molar-refractivity contribution in [2.75, 3.05) is 13.1 Å². The van der Waals surface area contributed by atoms with E-state index in [0.29, 0.717) is 13.1 Å². The number of amides is 2. The van der Waals surface area contributed by atoms with E-state index >= 15 is 0 Å². The number of nitrogens with zero attached hydrogens (tertiary/aromatic N) is 2. The standard InChI is InChI=1S/C4H4N2.2C3H4Cl3NO/c1-2-6-4-3-5-1;2*4-3(5,6)1-2(7)8/h1,4H2;2*1H2,(H2,7,8)/q+2;;. The van der Waals surface area contributed by atoms with Gasteiger partial charge in [0.1, 0.15) is 0 Å². The molecule has 1 rings (SSSR count). The SMILES string of the molecule is C1#[N+]CC#[N+]C1.NC(=O)CC(Cl)(Cl)Cl.NC(=O)CC(Cl)(Cl)Cl. The van der Waals surface area contributed by atoms with Gasteiger partial charge in [-0.15, -0.1) is 0 Å². The van der Waals surface area contributed by atoms with E-state index in [1.165, 1.54) is 0 Å². The molecule has 22 heavy (non-hydrogen) atoms. The van der Waals surface area contributed by atoms with Crippen LogP contribution in [-0.2, 0) is 9.59 Å². The van der Waals surface area contributed by atoms with Crippen LogP contribution in [0.4, 0.5) is 0 Å². The van der Waals surface area contributed by atoms with Gasteiger partial charge in [0.2, 0.25) is 11.8 Å². The van der Waals surface area contributed by atoms with Crippen molar-refractivity contribution in [2.45, 2.75) is 20.4 Å². The van der Waals surface area contributed by atoms with Crippen molar-refractivity contribution in [3.63, 3.8) is 0 Å². The Morgan fingerprint density at radius 2 is 1.09 bits per heavy atom. The molecule has 4 N–H and O–H groups in total. The van der Waals surface area contributed by atoms with Crippen molar-refractivity contribution in [2.24, 2.45) is 11.5 Å². The molecule has 12 heteroatoms. The topological polar surface area (TPSA) is 94.9 Å². The summed E-state index contributed by atoms with van der Waals surface area (Å²) < 4.78 is -3.07. The maximum absolute atomic E-state index is 9.98. The van der Waals surface area contributed by atoms with E-state index in [-0.39, 0.29) is 12.8 Å². The monoisotopic (exact) mass is 430 g/mol. The van der Waals surface area contributed by atoms with E-state index < -0.39 is 19.4 Å². The molecule has 124 valence electrons. The molecule has 6 nitrogen and oxygen atoms in total. The fourth-order valence-electron chi connectivity index (χ4n) is 0.678. The van der Waals surface area contributed by atoms with Gasteiger partial charge in [-0.2, -0.15) is 0 Å². The highest BCUT2D eigenvalue weighted by Crippen LogP contribution is 2.29. The van der Waals surface area contributed by atoms with Crippen LogP contribution in [0.1, 0.15) is 12.8 Å². The average Bonchev–Trinajstić information content (AvgIpc) is 2.25. The summed E-state index contributed by atoms with van der Waals surface area (Å²) in [7, 11) is 0. The molecule has 0 fully saturated rings. The minimum Gasteiger partial charge on any atom is -0.370 e. The Balaban J connectivity index is 0. The number of hydrogen-bond donors (Lipinski definition) is 2. The van der Waals surface area contributed by atoms with Crippen LogP contribution >= 0.6 is 69.6 Å². The number of carbonyl (C=O) groups excluding carboxylic acids is 2. The summed E-state index contributed by atoms with van der Waals surface area (Å²) >= 11 is 30.9. The molecular weight excluding hydrogens is 421 g/mol. The maximum Gasteiger partial charge on any atom is 0.390 e. The van der Waals surface area contributed by atoms with Crippen molar-refractivity contribution in [3.05, 3.63) is 9.69 Å². The first kappa shape index (κ1) is 23.9. The van der Waals surface area contributed by atoms with Gasteiger partial charge in [0.05, 0.1) is 12.8 Å². The molecule has 2 amide bonds. The summed E-state index contributed by atoms with van der Waals surface area (Å²) in [5.74, 6) is -1.24. The number of rotatable bonds is 2. The van der Waals surface area contributed by atoms with Crippen LogP contribution < -0.4 is 11.5 Å². The third-order valence-electron chi connectivity index (χ3n) is 1.27. The van der Waals surface area contributed by atoms with Crippen LogP contribution in [0.15, 0.2) is 0 Å². The summed E-state index contributed by atoms with van der Waals surface area (Å²) in [6, 6.07) is 5.36. The van der Waals surface area contributed by atoms with E-state index in [1.54, 1.807) is 0 Å². The molecular formula is C10H12Cl6N4O2+2. The van der Waals surface area contributed by atoms with Gasteiger partial charge >= 0.3 is 25.2 Å². The van der Waals surface area contributed by atoms with Crippen molar-refractivity contribution >= 4 is 81.4 Å². The molecule has 0 spiro atoms. The fraction of sp³-hybridized carbons (Fsp3) is 0.600. The Hall–Kier alpha value is -0.340. The Kier molecular flexibility index (Phi) is 13.2. The van der Waals surface area contributed by atoms with E-state index in [0.717, 1.165) is 0 Å². The normalized spacial score (nSPS) is 11.9. The lowest BCUT2D eigenvalue weighted by Crippen LogP contribution is -2.18. The van der Waals surface area contributed by atoms with Gasteiger partial charge in [0, 0.05) is 0 Å². The fourth-order valence-corrected chi connectivity index (χ4v) is 1.47. The highest BCUT2D eigenvalue weighted by Gasteiger charge is 2.22. The highest BCUT2D eigenvalue weighted by molar-refractivity contribution is 6.68. The third-order valence-corrected chi connectivity index (χ3v) is 2.07. The molecule has 1 aliphatic rings. The zero-order valence-electron chi connectivity index (χ0n) is 11.0. The minimum absolute atomic E-state index is 0.238. The smallest absolute Gasteiger partial charge is 0.370 e. The van der Waals surface area contributed by atoms with Crippen LogP contribution in [0.3, 0.4) is 0 Å². The molecule has 0 aromatic heterocycles. The molecule has 0 saturated carbocycles. The second-order valence-electron chi connectivity index (χ2n) is 3.47. The third kappa shape index (κ3) is 27.9. The molecule has 0 unspecified atom stereocenters. The lowest BCUT2D eigenvalue weighted by atomic mass is 10.5. The number of carbonyl (C=O) groups is 2. The van der Waals surface area contributed by atoms with Gasteiger partial charge < -0.3 is 11.5 Å². The summed E-state index contributed by atoms with van der Waals surface area (Å²) in [4.78, 5) is 27.4. The number of primary amides is 2. The first-order valence-corrected chi connectivity index (χ1v) is 7.59. The number of nitrogens with two attached hydrogens (primary N) is 2. The van der Waals surface area contributed by atoms with E-state index in [9.17, 15) is 9.59 Å². The Labute approximate surface area is 157 Å². The molecule has 0 bridgehead atoms. The van der Waals surface area contributed by atoms with Crippen LogP contribution in [0.2, 0.25) is 0 Å². The summed E-state index contributed by atoms with van der Waals surface area (Å²) in [5, 5.41) is 0. The molecule has 0 radical (unpaired) electrons. The highest BCUT2D eigenvalue weighted by atomic mass is 35.6. The zero-order chi connectivity index (χ0) is 17.8. The van der Waals surface area contributed by atoms with Crippen molar-refractivity contribution < 1.29 is 9.59 Å². The van der Waals surface area contributed by atoms with E-state index in [1.807, 2.05) is 0 Å². The number of hydrogen-bond acceptors (Lipinski definition) is 2. The molecule has 1 aliphatic heterocycles. The zero-order valence-corrected chi connectivity index (χ0v) is 15.5. The van der Waals surface area contributed by atoms with Crippen LogP contribution in [0.5, 0.6) is 0 Å². The Bertz CT molecular complexity index is 434. The molecule has 0 atom stereocenters. The van der Waals surface area contributed by atoms with E-state index in [2.05, 4.69) is 33.3 Å². The molecule has 0 aliphatic carbocycles. The Morgan fingerprint density at radius 1 is 0.818 bits per heavy atom. The average molecular weight is 433 g/mol. The van der Waals surface area contributed by atoms with Crippen LogP contribution in [0, 0.1) is 12.1 Å². The van der Waals surface area contributed by atoms with Crippen molar-refractivity contribution in [3.8, 4) is 12.1 Å². The minimum atomic E-state index is -1.54. The van der Waals surface area contributed by atoms with Gasteiger partial charge in [-0.25, -0.2) is 0 Å².